The highest BCUT2D eigenvalue weighted by molar-refractivity contribution is 6.05. The van der Waals surface area contributed by atoms with E-state index in [1.165, 1.54) is 0 Å². The fourth-order valence-corrected chi connectivity index (χ4v) is 6.08. The average molecular weight is 630 g/mol. The maximum atomic E-state index is 13.0. The molecule has 1 atom stereocenters. The first kappa shape index (κ1) is 33.1. The highest BCUT2D eigenvalue weighted by atomic mass is 16.5. The summed E-state index contributed by atoms with van der Waals surface area (Å²) >= 11 is 0. The second kappa shape index (κ2) is 16.4. The monoisotopic (exact) mass is 629 g/mol. The molecule has 0 aliphatic carbocycles. The number of likely N-dealkylation sites (tertiary alicyclic amines) is 1. The number of imide groups is 1. The predicted octanol–water partition coefficient (Wildman–Crippen LogP) is 2.09. The number of carbonyl (C=O) groups is 4. The van der Waals surface area contributed by atoms with Crippen molar-refractivity contribution in [3.63, 3.8) is 0 Å². The molecule has 1 unspecified atom stereocenters. The van der Waals surface area contributed by atoms with Gasteiger partial charge < -0.3 is 29.9 Å². The Morgan fingerprint density at radius 1 is 1.04 bits per heavy atom. The molecule has 11 nitrogen and oxygen atoms in total. The van der Waals surface area contributed by atoms with Crippen molar-refractivity contribution in [2.24, 2.45) is 0 Å². The zero-order chi connectivity index (χ0) is 32.3. The van der Waals surface area contributed by atoms with E-state index in [2.05, 4.69) is 32.7 Å². The van der Waals surface area contributed by atoms with E-state index in [0.717, 1.165) is 63.1 Å². The zero-order valence-electron chi connectivity index (χ0n) is 26.4. The smallest absolute Gasteiger partial charge is 0.255 e. The number of amides is 4. The zero-order valence-corrected chi connectivity index (χ0v) is 26.4. The second-order valence-corrected chi connectivity index (χ2v) is 11.8. The molecule has 2 aromatic rings. The van der Waals surface area contributed by atoms with Crippen molar-refractivity contribution >= 4 is 23.6 Å². The molecule has 3 aliphatic rings. The van der Waals surface area contributed by atoms with Crippen LogP contribution in [0, 0.1) is 11.8 Å². The van der Waals surface area contributed by atoms with Crippen LogP contribution >= 0.6 is 0 Å². The molecule has 0 radical (unpaired) electrons. The summed E-state index contributed by atoms with van der Waals surface area (Å²) in [4.78, 5) is 53.3. The number of rotatable bonds is 13. The lowest BCUT2D eigenvalue weighted by atomic mass is 10.0. The topological polar surface area (TPSA) is 129 Å². The molecule has 11 heteroatoms. The molecule has 3 heterocycles. The molecule has 3 N–H and O–H groups in total. The van der Waals surface area contributed by atoms with Crippen molar-refractivity contribution in [3.05, 3.63) is 64.7 Å². The van der Waals surface area contributed by atoms with E-state index in [4.69, 9.17) is 9.47 Å². The van der Waals surface area contributed by atoms with Gasteiger partial charge in [0.15, 0.2) is 0 Å². The standard InChI is InChI=1S/C35H43N5O6/c1-45-28-10-4-9-26(23-28)33(42)37-27-14-18-39(19-15-27)20-17-36-16-6-22-46-21-3-2-7-25-8-5-11-29-30(25)24-40(35(29)44)31-12-13-32(41)38-34(31)43/h4-5,8-11,23,27,31,36H,3,6,12-22,24H2,1H3,(H,37,42)(H,38,41,43). The molecule has 3 aliphatic heterocycles. The van der Waals surface area contributed by atoms with Crippen molar-refractivity contribution in [1.82, 2.24) is 25.8 Å². The fraction of sp³-hybridized carbons (Fsp3) is 0.486. The van der Waals surface area contributed by atoms with E-state index in [1.807, 2.05) is 24.3 Å². The van der Waals surface area contributed by atoms with Crippen LogP contribution < -0.4 is 20.7 Å². The maximum Gasteiger partial charge on any atom is 0.255 e. The number of nitrogens with one attached hydrogen (secondary N) is 3. The first-order valence-corrected chi connectivity index (χ1v) is 16.1. The summed E-state index contributed by atoms with van der Waals surface area (Å²) in [7, 11) is 1.60. The highest BCUT2D eigenvalue weighted by Gasteiger charge is 2.39. The minimum atomic E-state index is -0.633. The summed E-state index contributed by atoms with van der Waals surface area (Å²) in [6.45, 7) is 6.22. The summed E-state index contributed by atoms with van der Waals surface area (Å²) in [6, 6.07) is 12.3. The van der Waals surface area contributed by atoms with Crippen LogP contribution in [0.1, 0.15) is 70.4 Å². The van der Waals surface area contributed by atoms with E-state index in [0.29, 0.717) is 49.5 Å². The number of hydrogen-bond donors (Lipinski definition) is 3. The van der Waals surface area contributed by atoms with Crippen molar-refractivity contribution in [2.45, 2.75) is 57.2 Å². The quantitative estimate of drug-likeness (QED) is 0.175. The minimum Gasteiger partial charge on any atom is -0.497 e. The molecular formula is C35H43N5O6. The van der Waals surface area contributed by atoms with E-state index < -0.39 is 11.9 Å². The first-order chi connectivity index (χ1) is 22.4. The van der Waals surface area contributed by atoms with E-state index in [9.17, 15) is 19.2 Å². The summed E-state index contributed by atoms with van der Waals surface area (Å²) in [5, 5.41) is 8.98. The van der Waals surface area contributed by atoms with Crippen LogP contribution in [0.2, 0.25) is 0 Å². The Hall–Kier alpha value is -4.24. The molecule has 244 valence electrons. The lowest BCUT2D eigenvalue weighted by molar-refractivity contribution is -0.136. The lowest BCUT2D eigenvalue weighted by Crippen LogP contribution is -2.52. The summed E-state index contributed by atoms with van der Waals surface area (Å²) in [5.41, 5.74) is 2.81. The lowest BCUT2D eigenvalue weighted by Gasteiger charge is -2.32. The summed E-state index contributed by atoms with van der Waals surface area (Å²) in [5.74, 6) is 6.05. The second-order valence-electron chi connectivity index (χ2n) is 11.8. The number of fused-ring (bicyclic) bond motifs is 1. The van der Waals surface area contributed by atoms with Gasteiger partial charge in [0.1, 0.15) is 11.8 Å². The van der Waals surface area contributed by atoms with Gasteiger partial charge >= 0.3 is 0 Å². The number of hydrogen-bond acceptors (Lipinski definition) is 8. The van der Waals surface area contributed by atoms with Crippen LogP contribution in [0.3, 0.4) is 0 Å². The number of ether oxygens (including phenoxy) is 2. The van der Waals surface area contributed by atoms with Gasteiger partial charge in [-0.2, -0.15) is 0 Å². The molecule has 2 fully saturated rings. The van der Waals surface area contributed by atoms with Gasteiger partial charge in [-0.15, -0.1) is 0 Å². The third kappa shape index (κ3) is 8.72. The van der Waals surface area contributed by atoms with Gasteiger partial charge in [-0.1, -0.05) is 24.0 Å². The van der Waals surface area contributed by atoms with Gasteiger partial charge in [0, 0.05) is 74.9 Å². The van der Waals surface area contributed by atoms with Crippen LogP contribution in [0.5, 0.6) is 5.75 Å². The Kier molecular flexibility index (Phi) is 11.8. The summed E-state index contributed by atoms with van der Waals surface area (Å²) in [6.07, 6.45) is 3.95. The minimum absolute atomic E-state index is 0.0505. The fourth-order valence-electron chi connectivity index (χ4n) is 6.08. The highest BCUT2D eigenvalue weighted by Crippen LogP contribution is 2.29. The largest absolute Gasteiger partial charge is 0.497 e. The van der Waals surface area contributed by atoms with Crippen LogP contribution in [0.4, 0.5) is 0 Å². The third-order valence-electron chi connectivity index (χ3n) is 8.68. The molecule has 0 saturated carbocycles. The Morgan fingerprint density at radius 2 is 1.87 bits per heavy atom. The molecule has 4 amide bonds. The van der Waals surface area contributed by atoms with Crippen LogP contribution in [0.25, 0.3) is 0 Å². The van der Waals surface area contributed by atoms with Gasteiger partial charge in [0.05, 0.1) is 13.7 Å². The Morgan fingerprint density at radius 3 is 2.67 bits per heavy atom. The van der Waals surface area contributed by atoms with Gasteiger partial charge in [0.25, 0.3) is 11.8 Å². The number of methoxy groups -OCH3 is 1. The molecule has 2 saturated heterocycles. The number of piperidine rings is 2. The molecule has 5 rings (SSSR count). The molecule has 0 spiro atoms. The Bertz CT molecular complexity index is 1480. The number of benzene rings is 2. The summed E-state index contributed by atoms with van der Waals surface area (Å²) < 4.78 is 11.0. The van der Waals surface area contributed by atoms with Gasteiger partial charge in [0.2, 0.25) is 11.8 Å². The predicted molar refractivity (Wildman–Crippen MR) is 172 cm³/mol. The normalized spacial score (nSPS) is 18.5. The third-order valence-corrected chi connectivity index (χ3v) is 8.68. The number of nitrogens with zero attached hydrogens (tertiary/aromatic N) is 2. The van der Waals surface area contributed by atoms with Crippen molar-refractivity contribution in [2.75, 3.05) is 53.0 Å². The molecule has 0 bridgehead atoms. The SMILES string of the molecule is COc1cccc(C(=O)NC2CCN(CCNCCCOCCC#Cc3cccc4c3CN(C3CCC(=O)NC3=O)C4=O)CC2)c1. The van der Waals surface area contributed by atoms with E-state index in [1.54, 1.807) is 30.2 Å². The molecule has 2 aromatic carbocycles. The van der Waals surface area contributed by atoms with Crippen LogP contribution in [-0.4, -0.2) is 98.6 Å². The van der Waals surface area contributed by atoms with Crippen molar-refractivity contribution < 1.29 is 28.7 Å². The Balaban J connectivity index is 0.909. The Labute approximate surface area is 270 Å². The average Bonchev–Trinajstić information content (AvgIpc) is 3.40. The van der Waals surface area contributed by atoms with Crippen LogP contribution in [0.15, 0.2) is 42.5 Å². The van der Waals surface area contributed by atoms with Crippen LogP contribution in [-0.2, 0) is 20.9 Å². The van der Waals surface area contributed by atoms with Gasteiger partial charge in [-0.25, -0.2) is 0 Å². The van der Waals surface area contributed by atoms with E-state index in [-0.39, 0.29) is 30.2 Å². The van der Waals surface area contributed by atoms with Crippen molar-refractivity contribution in [1.29, 1.82) is 0 Å². The maximum absolute atomic E-state index is 13.0. The van der Waals surface area contributed by atoms with Gasteiger partial charge in [-0.05, 0) is 68.1 Å². The molecule has 46 heavy (non-hydrogen) atoms. The van der Waals surface area contributed by atoms with Crippen molar-refractivity contribution in [3.8, 4) is 17.6 Å². The number of carbonyl (C=O) groups excluding carboxylic acids is 4. The molecular weight excluding hydrogens is 586 g/mol. The van der Waals surface area contributed by atoms with E-state index >= 15 is 0 Å². The molecule has 0 aromatic heterocycles. The van der Waals surface area contributed by atoms with Gasteiger partial charge in [-0.3, -0.25) is 24.5 Å². The first-order valence-electron chi connectivity index (χ1n) is 16.1.